The molecule has 0 N–H and O–H groups in total. The van der Waals surface area contributed by atoms with Crippen LogP contribution in [0.1, 0.15) is 0 Å². The number of halogens is 2. The fourth-order valence-electron chi connectivity index (χ4n) is 0.630. The van der Waals surface area contributed by atoms with E-state index in [1.807, 2.05) is 0 Å². The van der Waals surface area contributed by atoms with Crippen LogP contribution in [0.15, 0.2) is 12.4 Å². The van der Waals surface area contributed by atoms with Crippen molar-refractivity contribution >= 4 is 33.3 Å². The number of nitrogens with zero attached hydrogens (tertiary/aromatic N) is 1. The number of hydrogen-bond acceptors (Lipinski definition) is 4. The Morgan fingerprint density at radius 3 is 2.15 bits per heavy atom. The van der Waals surface area contributed by atoms with Crippen LogP contribution in [-0.4, -0.2) is 19.7 Å². The monoisotopic (exact) mass is 241 g/mol. The maximum atomic E-state index is 10.7. The predicted molar refractivity (Wildman–Crippen MR) is 49.7 cm³/mol. The van der Waals surface area contributed by atoms with Crippen molar-refractivity contribution in [2.75, 3.05) is 6.26 Å². The Labute approximate surface area is 85.6 Å². The van der Waals surface area contributed by atoms with E-state index in [-0.39, 0.29) is 15.8 Å². The number of hydrogen-bond donors (Lipinski definition) is 0. The Bertz CT molecular complexity index is 398. The van der Waals surface area contributed by atoms with E-state index in [1.165, 1.54) is 12.4 Å². The van der Waals surface area contributed by atoms with Gasteiger partial charge in [-0.05, 0) is 0 Å². The van der Waals surface area contributed by atoms with Gasteiger partial charge in [0.05, 0.1) is 6.26 Å². The predicted octanol–water partition coefficient (Wildman–Crippen LogP) is 1.73. The molecule has 1 rings (SSSR count). The van der Waals surface area contributed by atoms with Crippen LogP contribution < -0.4 is 4.18 Å². The lowest BCUT2D eigenvalue weighted by molar-refractivity contribution is 0.493. The molecule has 1 aromatic heterocycles. The van der Waals surface area contributed by atoms with Gasteiger partial charge in [-0.25, -0.2) is 0 Å². The molecular weight excluding hydrogens is 237 g/mol. The summed E-state index contributed by atoms with van der Waals surface area (Å²) >= 11 is 11.2. The van der Waals surface area contributed by atoms with Gasteiger partial charge in [0.25, 0.3) is 0 Å². The first-order valence-electron chi connectivity index (χ1n) is 3.08. The lowest BCUT2D eigenvalue weighted by atomic mass is 10.4. The molecule has 0 unspecified atom stereocenters. The number of aromatic nitrogens is 1. The summed E-state index contributed by atoms with van der Waals surface area (Å²) in [4.78, 5) is 3.64. The second-order valence-corrected chi connectivity index (χ2v) is 4.61. The molecule has 0 bridgehead atoms. The largest absolute Gasteiger partial charge is 0.379 e. The molecule has 0 aromatic carbocycles. The maximum Gasteiger partial charge on any atom is 0.306 e. The van der Waals surface area contributed by atoms with E-state index >= 15 is 0 Å². The summed E-state index contributed by atoms with van der Waals surface area (Å²) in [5, 5.41) is 0.107. The van der Waals surface area contributed by atoms with Crippen LogP contribution in [0.25, 0.3) is 0 Å². The first-order chi connectivity index (χ1) is 5.90. The highest BCUT2D eigenvalue weighted by atomic mass is 35.5. The molecule has 0 saturated heterocycles. The third-order valence-electron chi connectivity index (χ3n) is 1.04. The lowest BCUT2D eigenvalue weighted by Gasteiger charge is -2.05. The Hall–Kier alpha value is -0.520. The molecule has 4 nitrogen and oxygen atoms in total. The SMILES string of the molecule is CS(=O)(=O)Oc1c(Cl)cncc1Cl. The number of rotatable bonds is 2. The van der Waals surface area contributed by atoms with E-state index in [2.05, 4.69) is 9.17 Å². The van der Waals surface area contributed by atoms with E-state index in [9.17, 15) is 8.42 Å². The molecule has 0 aliphatic carbocycles. The molecule has 1 heterocycles. The zero-order valence-corrected chi connectivity index (χ0v) is 8.82. The zero-order valence-electron chi connectivity index (χ0n) is 6.49. The van der Waals surface area contributed by atoms with Crippen molar-refractivity contribution in [1.29, 1.82) is 0 Å². The average Bonchev–Trinajstić information content (AvgIpc) is 1.95. The van der Waals surface area contributed by atoms with Crippen LogP contribution in [0, 0.1) is 0 Å². The first kappa shape index (κ1) is 10.6. The molecular formula is C6H5Cl2NO3S. The van der Waals surface area contributed by atoms with E-state index in [0.29, 0.717) is 0 Å². The van der Waals surface area contributed by atoms with Gasteiger partial charge in [0, 0.05) is 12.4 Å². The second-order valence-electron chi connectivity index (χ2n) is 2.22. The van der Waals surface area contributed by atoms with Crippen LogP contribution in [-0.2, 0) is 10.1 Å². The van der Waals surface area contributed by atoms with E-state index in [1.54, 1.807) is 0 Å². The zero-order chi connectivity index (χ0) is 10.1. The summed E-state index contributed by atoms with van der Waals surface area (Å²) in [5.74, 6) is -0.0965. The first-order valence-corrected chi connectivity index (χ1v) is 5.66. The van der Waals surface area contributed by atoms with Gasteiger partial charge in [-0.2, -0.15) is 8.42 Å². The van der Waals surface area contributed by atoms with Crippen molar-refractivity contribution in [2.24, 2.45) is 0 Å². The van der Waals surface area contributed by atoms with Gasteiger partial charge >= 0.3 is 10.1 Å². The third kappa shape index (κ3) is 3.02. The topological polar surface area (TPSA) is 56.3 Å². The Balaban J connectivity index is 3.15. The van der Waals surface area contributed by atoms with E-state index in [0.717, 1.165) is 6.26 Å². The highest BCUT2D eigenvalue weighted by Gasteiger charge is 2.12. The standard InChI is InChI=1S/C6H5Cl2NO3S/c1-13(10,11)12-6-4(7)2-9-3-5(6)8/h2-3H,1H3. The van der Waals surface area contributed by atoms with Gasteiger partial charge < -0.3 is 4.18 Å². The molecule has 0 amide bonds. The van der Waals surface area contributed by atoms with Gasteiger partial charge in [0.15, 0.2) is 5.75 Å². The smallest absolute Gasteiger partial charge is 0.306 e. The Morgan fingerprint density at radius 1 is 1.31 bits per heavy atom. The minimum Gasteiger partial charge on any atom is -0.379 e. The van der Waals surface area contributed by atoms with Gasteiger partial charge in [0.1, 0.15) is 10.0 Å². The van der Waals surface area contributed by atoms with Crippen LogP contribution >= 0.6 is 23.2 Å². The fraction of sp³-hybridized carbons (Fsp3) is 0.167. The molecule has 0 atom stereocenters. The van der Waals surface area contributed by atoms with Crippen molar-refractivity contribution in [3.63, 3.8) is 0 Å². The molecule has 1 aromatic rings. The fourth-order valence-corrected chi connectivity index (χ4v) is 1.65. The average molecular weight is 242 g/mol. The summed E-state index contributed by atoms with van der Waals surface area (Å²) in [5.41, 5.74) is 0. The molecule has 13 heavy (non-hydrogen) atoms. The molecule has 0 saturated carbocycles. The highest BCUT2D eigenvalue weighted by Crippen LogP contribution is 2.31. The summed E-state index contributed by atoms with van der Waals surface area (Å²) in [7, 11) is -3.62. The normalized spacial score (nSPS) is 11.3. The molecule has 72 valence electrons. The van der Waals surface area contributed by atoms with Crippen molar-refractivity contribution in [3.8, 4) is 5.75 Å². The molecule has 0 aliphatic rings. The Kier molecular flexibility index (Phi) is 3.00. The summed E-state index contributed by atoms with van der Waals surface area (Å²) < 4.78 is 26.0. The van der Waals surface area contributed by atoms with Gasteiger partial charge in [0.2, 0.25) is 0 Å². The van der Waals surface area contributed by atoms with Crippen molar-refractivity contribution in [1.82, 2.24) is 4.98 Å². The van der Waals surface area contributed by atoms with Crippen molar-refractivity contribution in [3.05, 3.63) is 22.4 Å². The molecule has 0 aliphatic heterocycles. The van der Waals surface area contributed by atoms with Gasteiger partial charge in [-0.3, -0.25) is 4.98 Å². The van der Waals surface area contributed by atoms with Crippen molar-refractivity contribution in [2.45, 2.75) is 0 Å². The van der Waals surface area contributed by atoms with Crippen LogP contribution in [0.2, 0.25) is 10.0 Å². The third-order valence-corrected chi connectivity index (χ3v) is 2.05. The summed E-state index contributed by atoms with van der Waals surface area (Å²) in [6.45, 7) is 0. The Morgan fingerprint density at radius 2 is 1.77 bits per heavy atom. The highest BCUT2D eigenvalue weighted by molar-refractivity contribution is 7.86. The van der Waals surface area contributed by atoms with Crippen molar-refractivity contribution < 1.29 is 12.6 Å². The van der Waals surface area contributed by atoms with E-state index in [4.69, 9.17) is 23.2 Å². The quantitative estimate of drug-likeness (QED) is 0.741. The molecule has 0 radical (unpaired) electrons. The van der Waals surface area contributed by atoms with Crippen LogP contribution in [0.4, 0.5) is 0 Å². The van der Waals surface area contributed by atoms with Gasteiger partial charge in [-0.15, -0.1) is 0 Å². The second kappa shape index (κ2) is 3.69. The van der Waals surface area contributed by atoms with E-state index < -0.39 is 10.1 Å². The minimum absolute atomic E-state index is 0.0536. The van der Waals surface area contributed by atoms with Gasteiger partial charge in [-0.1, -0.05) is 23.2 Å². The van der Waals surface area contributed by atoms with Crippen LogP contribution in [0.5, 0.6) is 5.75 Å². The summed E-state index contributed by atoms with van der Waals surface area (Å²) in [6.07, 6.45) is 3.39. The lowest BCUT2D eigenvalue weighted by Crippen LogP contribution is -2.06. The molecule has 7 heteroatoms. The number of pyridine rings is 1. The molecule has 0 spiro atoms. The molecule has 0 fully saturated rings. The summed E-state index contributed by atoms with van der Waals surface area (Å²) in [6, 6.07) is 0. The minimum atomic E-state index is -3.62. The van der Waals surface area contributed by atoms with Crippen LogP contribution in [0.3, 0.4) is 0 Å². The maximum absolute atomic E-state index is 10.7.